The summed E-state index contributed by atoms with van der Waals surface area (Å²) in [5.74, 6) is -1.07. The molecular weight excluding hydrogens is 276 g/mol. The molecule has 1 aliphatic rings. The van der Waals surface area contributed by atoms with Crippen molar-refractivity contribution in [1.82, 2.24) is 9.80 Å². The summed E-state index contributed by atoms with van der Waals surface area (Å²) in [6.45, 7) is 4.87. The van der Waals surface area contributed by atoms with Crippen LogP contribution in [0.4, 0.5) is 4.79 Å². The predicted octanol–water partition coefficient (Wildman–Crippen LogP) is 0.763. The molecule has 0 saturated carbocycles. The number of hydrogen-bond donors (Lipinski definition) is 2. The third-order valence-electron chi connectivity index (χ3n) is 3.98. The number of rotatable bonds is 7. The fourth-order valence-corrected chi connectivity index (χ4v) is 2.78. The average molecular weight is 302 g/mol. The lowest BCUT2D eigenvalue weighted by Gasteiger charge is -2.35. The van der Waals surface area contributed by atoms with Gasteiger partial charge in [-0.2, -0.15) is 0 Å². The van der Waals surface area contributed by atoms with E-state index >= 15 is 0 Å². The smallest absolute Gasteiger partial charge is 0.326 e. The van der Waals surface area contributed by atoms with Crippen LogP contribution in [-0.2, 0) is 9.53 Å². The van der Waals surface area contributed by atoms with E-state index in [0.29, 0.717) is 13.2 Å². The van der Waals surface area contributed by atoms with E-state index in [4.69, 9.17) is 4.74 Å². The fourth-order valence-electron chi connectivity index (χ4n) is 2.78. The minimum Gasteiger partial charge on any atom is -0.480 e. The van der Waals surface area contributed by atoms with Gasteiger partial charge in [-0.05, 0) is 12.8 Å². The monoisotopic (exact) mass is 302 g/mol. The predicted molar refractivity (Wildman–Crippen MR) is 77.1 cm³/mol. The zero-order chi connectivity index (χ0) is 16.0. The Bertz CT molecular complexity index is 359. The number of carbonyl (C=O) groups is 2. The van der Waals surface area contributed by atoms with Crippen LogP contribution in [0.2, 0.25) is 0 Å². The SMILES string of the molecule is CCC(CC)N(CCOC)C(=O)N1C[C@H](O)C[C@@H]1C(=O)O. The van der Waals surface area contributed by atoms with Crippen LogP contribution in [-0.4, -0.2) is 77.0 Å². The molecule has 1 fully saturated rings. The van der Waals surface area contributed by atoms with E-state index in [-0.39, 0.29) is 25.0 Å². The van der Waals surface area contributed by atoms with Gasteiger partial charge in [-0.1, -0.05) is 13.8 Å². The number of amides is 2. The van der Waals surface area contributed by atoms with Crippen molar-refractivity contribution >= 4 is 12.0 Å². The third-order valence-corrected chi connectivity index (χ3v) is 3.98. The molecule has 0 aliphatic carbocycles. The van der Waals surface area contributed by atoms with E-state index in [0.717, 1.165) is 12.8 Å². The minimum atomic E-state index is -1.07. The number of carboxylic acids is 1. The summed E-state index contributed by atoms with van der Waals surface area (Å²) in [5, 5.41) is 18.9. The number of β-amino-alcohol motifs (C(OH)–C–C–N with tert-alkyl or cyclic N) is 1. The maximum absolute atomic E-state index is 12.7. The highest BCUT2D eigenvalue weighted by molar-refractivity contribution is 5.83. The number of carbonyl (C=O) groups excluding carboxylic acids is 1. The van der Waals surface area contributed by atoms with Crippen LogP contribution in [0.3, 0.4) is 0 Å². The van der Waals surface area contributed by atoms with Crippen molar-refractivity contribution in [2.75, 3.05) is 26.8 Å². The first-order chi connectivity index (χ1) is 9.96. The summed E-state index contributed by atoms with van der Waals surface area (Å²) in [6.07, 6.45) is 0.892. The van der Waals surface area contributed by atoms with E-state index in [1.165, 1.54) is 4.90 Å². The van der Waals surface area contributed by atoms with Gasteiger partial charge in [0.05, 0.1) is 12.7 Å². The van der Waals surface area contributed by atoms with Crippen molar-refractivity contribution in [3.8, 4) is 0 Å². The van der Waals surface area contributed by atoms with Gasteiger partial charge in [0.2, 0.25) is 0 Å². The number of aliphatic carboxylic acids is 1. The van der Waals surface area contributed by atoms with Crippen LogP contribution < -0.4 is 0 Å². The lowest BCUT2D eigenvalue weighted by molar-refractivity contribution is -0.141. The van der Waals surface area contributed by atoms with E-state index in [1.54, 1.807) is 12.0 Å². The van der Waals surface area contributed by atoms with Crippen molar-refractivity contribution in [2.45, 2.75) is 51.3 Å². The number of urea groups is 1. The molecule has 21 heavy (non-hydrogen) atoms. The first kappa shape index (κ1) is 17.7. The fraction of sp³-hybridized carbons (Fsp3) is 0.857. The molecule has 0 spiro atoms. The first-order valence-corrected chi connectivity index (χ1v) is 7.43. The van der Waals surface area contributed by atoms with Gasteiger partial charge in [0.25, 0.3) is 0 Å². The second-order valence-corrected chi connectivity index (χ2v) is 5.34. The van der Waals surface area contributed by atoms with Crippen LogP contribution in [0.1, 0.15) is 33.1 Å². The topological polar surface area (TPSA) is 90.3 Å². The highest BCUT2D eigenvalue weighted by Crippen LogP contribution is 2.22. The number of ether oxygens (including phenoxy) is 1. The molecule has 2 atom stereocenters. The largest absolute Gasteiger partial charge is 0.480 e. The summed E-state index contributed by atoms with van der Waals surface area (Å²) in [4.78, 5) is 26.9. The molecule has 0 radical (unpaired) electrons. The summed E-state index contributed by atoms with van der Waals surface area (Å²) in [6, 6.07) is -1.24. The van der Waals surface area contributed by atoms with Crippen LogP contribution in [0.5, 0.6) is 0 Å². The van der Waals surface area contributed by atoms with Crippen LogP contribution in [0.25, 0.3) is 0 Å². The Balaban J connectivity index is 2.89. The second-order valence-electron chi connectivity index (χ2n) is 5.34. The maximum atomic E-state index is 12.7. The lowest BCUT2D eigenvalue weighted by Crippen LogP contribution is -2.52. The van der Waals surface area contributed by atoms with Crippen molar-refractivity contribution in [3.63, 3.8) is 0 Å². The molecular formula is C14H26N2O5. The number of aliphatic hydroxyl groups is 1. The average Bonchev–Trinajstić information content (AvgIpc) is 2.85. The van der Waals surface area contributed by atoms with Gasteiger partial charge in [0, 0.05) is 32.7 Å². The molecule has 7 heteroatoms. The summed E-state index contributed by atoms with van der Waals surface area (Å²) < 4.78 is 5.04. The van der Waals surface area contributed by atoms with Crippen molar-refractivity contribution in [1.29, 1.82) is 0 Å². The number of methoxy groups -OCH3 is 1. The second kappa shape index (κ2) is 8.19. The molecule has 1 saturated heterocycles. The molecule has 0 unspecified atom stereocenters. The van der Waals surface area contributed by atoms with E-state index < -0.39 is 18.1 Å². The molecule has 1 rings (SSSR count). The minimum absolute atomic E-state index is 0.0415. The van der Waals surface area contributed by atoms with Gasteiger partial charge in [0.15, 0.2) is 0 Å². The van der Waals surface area contributed by atoms with Crippen LogP contribution in [0, 0.1) is 0 Å². The highest BCUT2D eigenvalue weighted by Gasteiger charge is 2.41. The highest BCUT2D eigenvalue weighted by atomic mass is 16.5. The quantitative estimate of drug-likeness (QED) is 0.724. The van der Waals surface area contributed by atoms with Crippen LogP contribution >= 0.6 is 0 Å². The third kappa shape index (κ3) is 4.31. The molecule has 1 aliphatic heterocycles. The molecule has 2 amide bonds. The number of likely N-dealkylation sites (tertiary alicyclic amines) is 1. The Morgan fingerprint density at radius 2 is 2.00 bits per heavy atom. The molecule has 0 bridgehead atoms. The zero-order valence-corrected chi connectivity index (χ0v) is 13.0. The standard InChI is InChI=1S/C14H26N2O5/c1-4-10(5-2)15(6-7-21-3)14(20)16-9-11(17)8-12(16)13(18)19/h10-12,17H,4-9H2,1-3H3,(H,18,19)/t11-,12-/m1/s1. The Labute approximate surface area is 125 Å². The van der Waals surface area contributed by atoms with Crippen LogP contribution in [0.15, 0.2) is 0 Å². The van der Waals surface area contributed by atoms with Gasteiger partial charge in [-0.15, -0.1) is 0 Å². The maximum Gasteiger partial charge on any atom is 0.326 e. The summed E-state index contributed by atoms with van der Waals surface area (Å²) in [5.41, 5.74) is 0. The Hall–Kier alpha value is -1.34. The molecule has 0 aromatic carbocycles. The van der Waals surface area contributed by atoms with E-state index in [9.17, 15) is 19.8 Å². The Morgan fingerprint density at radius 3 is 2.48 bits per heavy atom. The van der Waals surface area contributed by atoms with Gasteiger partial charge in [-0.25, -0.2) is 9.59 Å². The van der Waals surface area contributed by atoms with Gasteiger partial charge < -0.3 is 24.7 Å². The van der Waals surface area contributed by atoms with Gasteiger partial charge in [0.1, 0.15) is 6.04 Å². The van der Waals surface area contributed by atoms with Gasteiger partial charge in [-0.3, -0.25) is 0 Å². The molecule has 0 aromatic rings. The van der Waals surface area contributed by atoms with Crippen molar-refractivity contribution in [3.05, 3.63) is 0 Å². The van der Waals surface area contributed by atoms with E-state index in [2.05, 4.69) is 0 Å². The zero-order valence-electron chi connectivity index (χ0n) is 13.0. The molecule has 2 N–H and O–H groups in total. The number of aliphatic hydroxyl groups excluding tert-OH is 1. The molecule has 1 heterocycles. The molecule has 0 aromatic heterocycles. The molecule has 122 valence electrons. The van der Waals surface area contributed by atoms with Gasteiger partial charge >= 0.3 is 12.0 Å². The van der Waals surface area contributed by atoms with Crippen molar-refractivity contribution in [2.24, 2.45) is 0 Å². The Morgan fingerprint density at radius 1 is 1.38 bits per heavy atom. The lowest BCUT2D eigenvalue weighted by atomic mass is 10.1. The Kier molecular flexibility index (Phi) is 6.91. The normalized spacial score (nSPS) is 21.9. The molecule has 7 nitrogen and oxygen atoms in total. The van der Waals surface area contributed by atoms with E-state index in [1.807, 2.05) is 13.8 Å². The first-order valence-electron chi connectivity index (χ1n) is 7.43. The number of carboxylic acid groups (broad SMARTS) is 1. The summed E-state index contributed by atoms with van der Waals surface area (Å²) >= 11 is 0. The van der Waals surface area contributed by atoms with Crippen molar-refractivity contribution < 1.29 is 24.5 Å². The number of nitrogens with zero attached hydrogens (tertiary/aromatic N) is 2. The summed E-state index contributed by atoms with van der Waals surface area (Å²) in [7, 11) is 1.56. The number of hydrogen-bond acceptors (Lipinski definition) is 4.